The summed E-state index contributed by atoms with van der Waals surface area (Å²) in [7, 11) is 0. The molecule has 4 aromatic rings. The zero-order valence-corrected chi connectivity index (χ0v) is 18.1. The van der Waals surface area contributed by atoms with Crippen LogP contribution < -0.4 is 10.6 Å². The van der Waals surface area contributed by atoms with Gasteiger partial charge in [-0.25, -0.2) is 0 Å². The Balaban J connectivity index is 1.59. The van der Waals surface area contributed by atoms with E-state index in [0.717, 1.165) is 22.6 Å². The van der Waals surface area contributed by atoms with E-state index in [4.69, 9.17) is 4.42 Å². The molecule has 0 fully saturated rings. The number of rotatable bonds is 10. The predicted molar refractivity (Wildman–Crippen MR) is 120 cm³/mol. The molecule has 0 aliphatic rings. The van der Waals surface area contributed by atoms with Crippen molar-refractivity contribution in [3.8, 4) is 11.5 Å². The third-order valence-electron chi connectivity index (χ3n) is 5.10. The first-order valence-electron chi connectivity index (χ1n) is 10.6. The van der Waals surface area contributed by atoms with Gasteiger partial charge in [-0.1, -0.05) is 19.9 Å². The molecule has 1 atom stereocenters. The predicted octanol–water partition coefficient (Wildman–Crippen LogP) is 2.67. The van der Waals surface area contributed by atoms with Gasteiger partial charge < -0.3 is 25.3 Å². The molecule has 10 nitrogen and oxygen atoms in total. The maximum atomic E-state index is 9.57. The van der Waals surface area contributed by atoms with E-state index in [1.807, 2.05) is 24.3 Å². The minimum atomic E-state index is -0.348. The van der Waals surface area contributed by atoms with Crippen molar-refractivity contribution in [2.75, 3.05) is 23.8 Å². The number of anilines is 2. The van der Waals surface area contributed by atoms with Crippen molar-refractivity contribution in [3.05, 3.63) is 54.0 Å². The van der Waals surface area contributed by atoms with Gasteiger partial charge in [0.25, 0.3) is 0 Å². The van der Waals surface area contributed by atoms with Crippen molar-refractivity contribution in [1.29, 1.82) is 0 Å². The number of aliphatic hydroxyl groups excluding tert-OH is 2. The van der Waals surface area contributed by atoms with Gasteiger partial charge >= 0.3 is 0 Å². The highest BCUT2D eigenvalue weighted by Gasteiger charge is 2.17. The van der Waals surface area contributed by atoms with Crippen LogP contribution in [-0.4, -0.2) is 54.0 Å². The maximum Gasteiger partial charge on any atom is 0.229 e. The molecule has 0 saturated heterocycles. The number of aromatic nitrogens is 5. The molecule has 32 heavy (non-hydrogen) atoms. The number of pyridine rings is 1. The van der Waals surface area contributed by atoms with Gasteiger partial charge in [0.1, 0.15) is 5.69 Å². The Morgan fingerprint density at radius 3 is 2.66 bits per heavy atom. The van der Waals surface area contributed by atoms with Gasteiger partial charge in [0.2, 0.25) is 11.9 Å². The Morgan fingerprint density at radius 1 is 1.12 bits per heavy atom. The summed E-state index contributed by atoms with van der Waals surface area (Å²) in [5.41, 5.74) is 3.41. The quantitative estimate of drug-likeness (QED) is 0.295. The van der Waals surface area contributed by atoms with Crippen molar-refractivity contribution >= 4 is 17.5 Å². The van der Waals surface area contributed by atoms with E-state index in [1.165, 1.54) is 0 Å². The molecular weight excluding hydrogens is 410 g/mol. The minimum absolute atomic E-state index is 0.0451. The van der Waals surface area contributed by atoms with Gasteiger partial charge in [-0.15, -0.1) is 0 Å². The van der Waals surface area contributed by atoms with Crippen LogP contribution >= 0.6 is 0 Å². The van der Waals surface area contributed by atoms with E-state index in [9.17, 15) is 10.2 Å². The molecule has 4 heterocycles. The van der Waals surface area contributed by atoms with Crippen LogP contribution in [0.1, 0.15) is 37.3 Å². The molecule has 0 aliphatic carbocycles. The monoisotopic (exact) mass is 437 g/mol. The van der Waals surface area contributed by atoms with Gasteiger partial charge in [0.05, 0.1) is 25.1 Å². The molecular formula is C22H27N7O3. The van der Waals surface area contributed by atoms with Crippen LogP contribution in [0.5, 0.6) is 0 Å². The van der Waals surface area contributed by atoms with Crippen LogP contribution in [0.3, 0.4) is 0 Å². The van der Waals surface area contributed by atoms with Gasteiger partial charge in [-0.3, -0.25) is 4.98 Å². The number of fused-ring (bicyclic) bond motifs is 1. The Labute approximate surface area is 185 Å². The van der Waals surface area contributed by atoms with Crippen LogP contribution in [0.25, 0.3) is 17.1 Å². The standard InChI is InChI=1S/C22H27N7O3/c1-14(2)17-12-25-29-20(17)27-21(26-16(13-31)7-8-30)28-22(29)24-11-15-5-6-18(23-10-15)19-4-3-9-32-19/h3-6,9-10,12,14,16,30-31H,7-8,11,13H2,1-2H3,(H2,24,26,27,28)/t16-/m1/s1. The molecule has 0 radical (unpaired) electrons. The first-order valence-corrected chi connectivity index (χ1v) is 10.6. The number of aliphatic hydroxyl groups is 2. The lowest BCUT2D eigenvalue weighted by Gasteiger charge is -2.16. The van der Waals surface area contributed by atoms with Gasteiger partial charge in [-0.2, -0.15) is 19.6 Å². The average molecular weight is 438 g/mol. The summed E-state index contributed by atoms with van der Waals surface area (Å²) in [4.78, 5) is 13.6. The summed E-state index contributed by atoms with van der Waals surface area (Å²) in [6.07, 6.45) is 5.59. The average Bonchev–Trinajstić information content (AvgIpc) is 3.48. The molecule has 10 heteroatoms. The van der Waals surface area contributed by atoms with Crippen LogP contribution in [0, 0.1) is 0 Å². The van der Waals surface area contributed by atoms with Crippen molar-refractivity contribution < 1.29 is 14.6 Å². The molecule has 4 N–H and O–H groups in total. The molecule has 0 spiro atoms. The molecule has 0 bridgehead atoms. The fourth-order valence-corrected chi connectivity index (χ4v) is 3.31. The first kappa shape index (κ1) is 21.7. The molecule has 0 aliphatic heterocycles. The third-order valence-corrected chi connectivity index (χ3v) is 5.10. The Morgan fingerprint density at radius 2 is 2.00 bits per heavy atom. The topological polar surface area (TPSA) is 134 Å². The summed E-state index contributed by atoms with van der Waals surface area (Å²) in [6, 6.07) is 7.23. The van der Waals surface area contributed by atoms with Crippen molar-refractivity contribution in [2.45, 2.75) is 38.8 Å². The van der Waals surface area contributed by atoms with Crippen LogP contribution in [-0.2, 0) is 6.54 Å². The second-order valence-corrected chi connectivity index (χ2v) is 7.78. The van der Waals surface area contributed by atoms with Crippen molar-refractivity contribution in [1.82, 2.24) is 24.6 Å². The lowest BCUT2D eigenvalue weighted by Crippen LogP contribution is -2.26. The number of furan rings is 1. The molecule has 0 saturated carbocycles. The van der Waals surface area contributed by atoms with Gasteiger partial charge in [-0.05, 0) is 36.1 Å². The van der Waals surface area contributed by atoms with Crippen LogP contribution in [0.4, 0.5) is 11.9 Å². The Kier molecular flexibility index (Phi) is 6.62. The largest absolute Gasteiger partial charge is 0.463 e. The van der Waals surface area contributed by atoms with E-state index in [2.05, 4.69) is 44.5 Å². The highest BCUT2D eigenvalue weighted by atomic mass is 16.3. The fourth-order valence-electron chi connectivity index (χ4n) is 3.31. The van der Waals surface area contributed by atoms with E-state index in [-0.39, 0.29) is 25.2 Å². The molecule has 168 valence electrons. The van der Waals surface area contributed by atoms with Crippen LogP contribution in [0.15, 0.2) is 47.3 Å². The van der Waals surface area contributed by atoms with E-state index < -0.39 is 0 Å². The van der Waals surface area contributed by atoms with Gasteiger partial charge in [0.15, 0.2) is 11.4 Å². The van der Waals surface area contributed by atoms with E-state index in [0.29, 0.717) is 30.5 Å². The third kappa shape index (κ3) is 4.71. The first-order chi connectivity index (χ1) is 15.6. The van der Waals surface area contributed by atoms with Crippen LogP contribution in [0.2, 0.25) is 0 Å². The second kappa shape index (κ2) is 9.75. The number of hydrogen-bond donors (Lipinski definition) is 4. The summed E-state index contributed by atoms with van der Waals surface area (Å²) in [5.74, 6) is 1.82. The zero-order valence-electron chi connectivity index (χ0n) is 18.1. The highest BCUT2D eigenvalue weighted by molar-refractivity contribution is 5.56. The fraction of sp³-hybridized carbons (Fsp3) is 0.364. The number of nitrogens with one attached hydrogen (secondary N) is 2. The molecule has 4 rings (SSSR count). The van der Waals surface area contributed by atoms with Gasteiger partial charge in [0, 0.05) is 24.9 Å². The normalized spacial score (nSPS) is 12.4. The number of nitrogens with zero attached hydrogens (tertiary/aromatic N) is 5. The molecule has 0 aromatic carbocycles. The smallest absolute Gasteiger partial charge is 0.229 e. The summed E-state index contributed by atoms with van der Waals surface area (Å²) >= 11 is 0. The van der Waals surface area contributed by atoms with E-state index in [1.54, 1.807) is 23.2 Å². The Hall–Kier alpha value is -3.50. The Bertz CT molecular complexity index is 1140. The lowest BCUT2D eigenvalue weighted by atomic mass is 10.1. The maximum absolute atomic E-state index is 9.57. The lowest BCUT2D eigenvalue weighted by molar-refractivity contribution is 0.228. The summed E-state index contributed by atoms with van der Waals surface area (Å²) in [5, 5.41) is 29.7. The highest BCUT2D eigenvalue weighted by Crippen LogP contribution is 2.23. The molecule has 0 amide bonds. The zero-order chi connectivity index (χ0) is 22.5. The SMILES string of the molecule is CC(C)c1cnn2c(NCc3ccc(-c4ccco4)nc3)nc(N[C@@H](CO)CCO)nc12. The summed E-state index contributed by atoms with van der Waals surface area (Å²) in [6.45, 7) is 4.45. The second-order valence-electron chi connectivity index (χ2n) is 7.78. The minimum Gasteiger partial charge on any atom is -0.463 e. The molecule has 0 unspecified atom stereocenters. The number of hydrogen-bond acceptors (Lipinski definition) is 9. The van der Waals surface area contributed by atoms with E-state index >= 15 is 0 Å². The van der Waals surface area contributed by atoms with Crippen molar-refractivity contribution in [2.24, 2.45) is 0 Å². The summed E-state index contributed by atoms with van der Waals surface area (Å²) < 4.78 is 7.05. The molecule has 4 aromatic heterocycles. The van der Waals surface area contributed by atoms with Crippen molar-refractivity contribution in [3.63, 3.8) is 0 Å².